The summed E-state index contributed by atoms with van der Waals surface area (Å²) in [6.45, 7) is 0. The van der Waals surface area contributed by atoms with Crippen molar-refractivity contribution in [1.29, 1.82) is 0 Å². The number of carboxylic acid groups (broad SMARTS) is 1. The van der Waals surface area contributed by atoms with E-state index in [-0.39, 0.29) is 5.56 Å². The lowest BCUT2D eigenvalue weighted by Gasteiger charge is -2.08. The van der Waals surface area contributed by atoms with Crippen LogP contribution < -0.4 is 0 Å². The van der Waals surface area contributed by atoms with E-state index in [4.69, 9.17) is 0 Å². The number of aromatic nitrogens is 2. The molecule has 21 heavy (non-hydrogen) atoms. The highest BCUT2D eigenvalue weighted by molar-refractivity contribution is 6.09. The minimum Gasteiger partial charge on any atom is -0.478 e. The third-order valence-corrected chi connectivity index (χ3v) is 3.15. The number of aldehydes is 1. The lowest BCUT2D eigenvalue weighted by atomic mass is 10.0. The van der Waals surface area contributed by atoms with Crippen LogP contribution in [-0.2, 0) is 0 Å². The van der Waals surface area contributed by atoms with Crippen molar-refractivity contribution < 1.29 is 14.7 Å². The van der Waals surface area contributed by atoms with E-state index in [9.17, 15) is 14.7 Å². The first-order chi connectivity index (χ1) is 10.2. The van der Waals surface area contributed by atoms with Gasteiger partial charge in [-0.2, -0.15) is 0 Å². The lowest BCUT2D eigenvalue weighted by molar-refractivity contribution is 0.0699. The highest BCUT2D eigenvalue weighted by Crippen LogP contribution is 2.25. The second kappa shape index (κ2) is 5.13. The van der Waals surface area contributed by atoms with Crippen LogP contribution in [0.1, 0.15) is 20.7 Å². The van der Waals surface area contributed by atoms with Gasteiger partial charge < -0.3 is 5.11 Å². The molecule has 0 bridgehead atoms. The fourth-order valence-electron chi connectivity index (χ4n) is 2.23. The van der Waals surface area contributed by atoms with Gasteiger partial charge in [0.05, 0.1) is 22.5 Å². The van der Waals surface area contributed by atoms with Gasteiger partial charge in [0.25, 0.3) is 0 Å². The summed E-state index contributed by atoms with van der Waals surface area (Å²) in [5.41, 5.74) is 1.86. The van der Waals surface area contributed by atoms with Crippen molar-refractivity contribution in [3.63, 3.8) is 0 Å². The Morgan fingerprint density at radius 2 is 1.95 bits per heavy atom. The van der Waals surface area contributed by atoms with Gasteiger partial charge in [-0.3, -0.25) is 9.78 Å². The van der Waals surface area contributed by atoms with E-state index in [0.29, 0.717) is 34.1 Å². The largest absolute Gasteiger partial charge is 0.478 e. The predicted octanol–water partition coefficient (Wildman–Crippen LogP) is 2.81. The molecule has 0 amide bonds. The van der Waals surface area contributed by atoms with E-state index in [1.54, 1.807) is 42.6 Å². The topological polar surface area (TPSA) is 80.2 Å². The average Bonchev–Trinajstić information content (AvgIpc) is 2.53. The molecule has 102 valence electrons. The first-order valence-corrected chi connectivity index (χ1v) is 6.24. The number of benzene rings is 1. The number of carboxylic acids is 1. The average molecular weight is 278 g/mol. The van der Waals surface area contributed by atoms with Crippen LogP contribution in [0.15, 0.2) is 48.7 Å². The van der Waals surface area contributed by atoms with Gasteiger partial charge in [0.15, 0.2) is 6.29 Å². The van der Waals surface area contributed by atoms with Gasteiger partial charge >= 0.3 is 5.97 Å². The van der Waals surface area contributed by atoms with Crippen molar-refractivity contribution in [1.82, 2.24) is 9.97 Å². The second-order valence-electron chi connectivity index (χ2n) is 4.43. The number of carbonyl (C=O) groups excluding carboxylic acids is 1. The molecule has 0 aliphatic heterocycles. The van der Waals surface area contributed by atoms with E-state index in [0.717, 1.165) is 0 Å². The van der Waals surface area contributed by atoms with Crippen molar-refractivity contribution in [2.75, 3.05) is 0 Å². The Bertz CT molecular complexity index is 845. The highest BCUT2D eigenvalue weighted by Gasteiger charge is 2.16. The molecule has 0 fully saturated rings. The predicted molar refractivity (Wildman–Crippen MR) is 77.3 cm³/mol. The Kier molecular flexibility index (Phi) is 3.16. The van der Waals surface area contributed by atoms with Crippen molar-refractivity contribution in [3.8, 4) is 11.4 Å². The number of hydrogen-bond acceptors (Lipinski definition) is 4. The number of hydrogen-bond donors (Lipinski definition) is 1. The third-order valence-electron chi connectivity index (χ3n) is 3.15. The maximum atomic E-state index is 11.5. The van der Waals surface area contributed by atoms with E-state index >= 15 is 0 Å². The van der Waals surface area contributed by atoms with Crippen molar-refractivity contribution in [2.24, 2.45) is 0 Å². The molecule has 5 nitrogen and oxygen atoms in total. The van der Waals surface area contributed by atoms with E-state index in [1.165, 1.54) is 6.07 Å². The van der Waals surface area contributed by atoms with E-state index < -0.39 is 5.97 Å². The summed E-state index contributed by atoms with van der Waals surface area (Å²) in [6.07, 6.45) is 2.25. The number of rotatable bonds is 3. The quantitative estimate of drug-likeness (QED) is 0.745. The van der Waals surface area contributed by atoms with Crippen LogP contribution in [0.4, 0.5) is 0 Å². The third kappa shape index (κ3) is 2.25. The van der Waals surface area contributed by atoms with Crippen LogP contribution in [-0.4, -0.2) is 27.3 Å². The summed E-state index contributed by atoms with van der Waals surface area (Å²) in [5, 5.41) is 9.76. The minimum atomic E-state index is -1.10. The summed E-state index contributed by atoms with van der Waals surface area (Å²) >= 11 is 0. The summed E-state index contributed by atoms with van der Waals surface area (Å²) in [5.74, 6) is -1.10. The molecule has 1 aromatic carbocycles. The smallest absolute Gasteiger partial charge is 0.336 e. The highest BCUT2D eigenvalue weighted by atomic mass is 16.4. The summed E-state index contributed by atoms with van der Waals surface area (Å²) in [4.78, 5) is 31.2. The molecule has 3 aromatic rings. The Morgan fingerprint density at radius 1 is 1.10 bits per heavy atom. The molecular formula is C16H10N2O3. The van der Waals surface area contributed by atoms with Crippen molar-refractivity contribution >= 4 is 23.2 Å². The lowest BCUT2D eigenvalue weighted by Crippen LogP contribution is -2.02. The SMILES string of the molecule is O=Cc1cccc2nc(-c3ccccn3)cc(C(=O)O)c12. The number of pyridine rings is 2. The Morgan fingerprint density at radius 3 is 2.62 bits per heavy atom. The first kappa shape index (κ1) is 12.9. The molecule has 1 N–H and O–H groups in total. The van der Waals surface area contributed by atoms with Crippen molar-refractivity contribution in [2.45, 2.75) is 0 Å². The van der Waals surface area contributed by atoms with Gasteiger partial charge in [-0.25, -0.2) is 9.78 Å². The number of nitrogens with zero attached hydrogens (tertiary/aromatic N) is 2. The molecule has 5 heteroatoms. The normalized spacial score (nSPS) is 10.5. The van der Waals surface area contributed by atoms with E-state index in [2.05, 4.69) is 9.97 Å². The summed E-state index contributed by atoms with van der Waals surface area (Å²) < 4.78 is 0. The molecule has 3 rings (SSSR count). The zero-order chi connectivity index (χ0) is 14.8. The zero-order valence-corrected chi connectivity index (χ0v) is 10.9. The molecule has 0 unspecified atom stereocenters. The van der Waals surface area contributed by atoms with Crippen LogP contribution in [0.3, 0.4) is 0 Å². The van der Waals surface area contributed by atoms with E-state index in [1.807, 2.05) is 0 Å². The van der Waals surface area contributed by atoms with Gasteiger partial charge in [-0.15, -0.1) is 0 Å². The monoisotopic (exact) mass is 278 g/mol. The number of aromatic carboxylic acids is 1. The standard InChI is InChI=1S/C16H10N2O3/c19-9-10-4-3-6-13-15(10)11(16(20)21)8-14(18-13)12-5-1-2-7-17-12/h1-9H,(H,20,21). The molecule has 0 saturated heterocycles. The van der Waals surface area contributed by atoms with Crippen LogP contribution >= 0.6 is 0 Å². The molecule has 0 atom stereocenters. The van der Waals surface area contributed by atoms with Crippen LogP contribution in [0, 0.1) is 0 Å². The maximum Gasteiger partial charge on any atom is 0.336 e. The van der Waals surface area contributed by atoms with Crippen molar-refractivity contribution in [3.05, 3.63) is 59.8 Å². The molecular weight excluding hydrogens is 268 g/mol. The molecule has 0 spiro atoms. The summed E-state index contributed by atoms with van der Waals surface area (Å²) in [6, 6.07) is 11.7. The van der Waals surface area contributed by atoms with Gasteiger partial charge in [0.1, 0.15) is 0 Å². The zero-order valence-electron chi connectivity index (χ0n) is 10.9. The van der Waals surface area contributed by atoms with Gasteiger partial charge in [-0.05, 0) is 24.3 Å². The molecule has 2 heterocycles. The van der Waals surface area contributed by atoms with Gasteiger partial charge in [0, 0.05) is 17.1 Å². The van der Waals surface area contributed by atoms with Gasteiger partial charge in [-0.1, -0.05) is 18.2 Å². The Labute approximate surface area is 119 Å². The molecule has 2 aromatic heterocycles. The fraction of sp³-hybridized carbons (Fsp3) is 0. The second-order valence-corrected chi connectivity index (χ2v) is 4.43. The molecule has 0 aliphatic carbocycles. The molecule has 0 aliphatic rings. The number of carbonyl (C=O) groups is 2. The maximum absolute atomic E-state index is 11.5. The first-order valence-electron chi connectivity index (χ1n) is 6.24. The minimum absolute atomic E-state index is 0.0448. The fourth-order valence-corrected chi connectivity index (χ4v) is 2.23. The number of fused-ring (bicyclic) bond motifs is 1. The van der Waals surface area contributed by atoms with Crippen LogP contribution in [0.2, 0.25) is 0 Å². The van der Waals surface area contributed by atoms with Gasteiger partial charge in [0.2, 0.25) is 0 Å². The molecule has 0 radical (unpaired) electrons. The Hall–Kier alpha value is -3.08. The van der Waals surface area contributed by atoms with Crippen LogP contribution in [0.5, 0.6) is 0 Å². The van der Waals surface area contributed by atoms with Crippen LogP contribution in [0.25, 0.3) is 22.3 Å². The molecule has 0 saturated carbocycles. The Balaban J connectivity index is 2.37. The summed E-state index contributed by atoms with van der Waals surface area (Å²) in [7, 11) is 0.